The number of carboxylic acid groups (broad SMARTS) is 1. The molecule has 1 spiro atoms. The van der Waals surface area contributed by atoms with Gasteiger partial charge >= 0.3 is 5.97 Å². The van der Waals surface area contributed by atoms with Crippen LogP contribution in [0.5, 0.6) is 0 Å². The van der Waals surface area contributed by atoms with Gasteiger partial charge in [-0.2, -0.15) is 0 Å². The summed E-state index contributed by atoms with van der Waals surface area (Å²) in [5.41, 5.74) is 0.419. The summed E-state index contributed by atoms with van der Waals surface area (Å²) in [6, 6.07) is 0. The van der Waals surface area contributed by atoms with Gasteiger partial charge in [-0.25, -0.2) is 0 Å². The van der Waals surface area contributed by atoms with Gasteiger partial charge in [0.05, 0.1) is 0 Å². The van der Waals surface area contributed by atoms with Crippen LogP contribution in [0.3, 0.4) is 0 Å². The van der Waals surface area contributed by atoms with Crippen LogP contribution in [-0.2, 0) is 4.79 Å². The Morgan fingerprint density at radius 1 is 1.46 bits per heavy atom. The van der Waals surface area contributed by atoms with E-state index < -0.39 is 5.97 Å². The molecule has 2 aliphatic rings. The molecule has 0 radical (unpaired) electrons. The van der Waals surface area contributed by atoms with Gasteiger partial charge < -0.3 is 10.4 Å². The van der Waals surface area contributed by atoms with Crippen molar-refractivity contribution in [2.75, 3.05) is 13.1 Å². The Hall–Kier alpha value is -0.570. The fourth-order valence-electron chi connectivity index (χ4n) is 2.70. The molecule has 3 heteroatoms. The number of hydrogen-bond acceptors (Lipinski definition) is 2. The highest BCUT2D eigenvalue weighted by molar-refractivity contribution is 5.67. The summed E-state index contributed by atoms with van der Waals surface area (Å²) in [7, 11) is 0. The van der Waals surface area contributed by atoms with Crippen molar-refractivity contribution < 1.29 is 9.90 Å². The van der Waals surface area contributed by atoms with Crippen molar-refractivity contribution in [2.24, 2.45) is 11.3 Å². The molecule has 0 amide bonds. The van der Waals surface area contributed by atoms with E-state index in [9.17, 15) is 4.79 Å². The van der Waals surface area contributed by atoms with Crippen LogP contribution in [0.2, 0.25) is 0 Å². The molecule has 1 saturated heterocycles. The highest BCUT2D eigenvalue weighted by Crippen LogP contribution is 2.60. The van der Waals surface area contributed by atoms with E-state index in [0.717, 1.165) is 19.5 Å². The van der Waals surface area contributed by atoms with Crippen LogP contribution >= 0.6 is 0 Å². The molecule has 3 nitrogen and oxygen atoms in total. The highest BCUT2D eigenvalue weighted by Gasteiger charge is 2.53. The van der Waals surface area contributed by atoms with E-state index in [1.807, 2.05) is 0 Å². The van der Waals surface area contributed by atoms with Crippen LogP contribution in [0, 0.1) is 11.3 Å². The third-order valence-corrected chi connectivity index (χ3v) is 3.61. The van der Waals surface area contributed by atoms with Gasteiger partial charge in [-0.3, -0.25) is 4.79 Å². The minimum absolute atomic E-state index is 0.389. The summed E-state index contributed by atoms with van der Waals surface area (Å²) in [5.74, 6) is -0.149. The Labute approximate surface area is 78.5 Å². The lowest BCUT2D eigenvalue weighted by Crippen LogP contribution is -2.15. The summed E-state index contributed by atoms with van der Waals surface area (Å²) in [6.07, 6.45) is 5.18. The first-order valence-electron chi connectivity index (χ1n) is 5.15. The van der Waals surface area contributed by atoms with E-state index in [-0.39, 0.29) is 0 Å². The average Bonchev–Trinajstić information content (AvgIpc) is 2.76. The van der Waals surface area contributed by atoms with E-state index in [4.69, 9.17) is 5.11 Å². The van der Waals surface area contributed by atoms with Crippen molar-refractivity contribution >= 4 is 5.97 Å². The second-order valence-electron chi connectivity index (χ2n) is 4.46. The molecule has 0 aromatic rings. The number of carbonyl (C=O) groups is 1. The van der Waals surface area contributed by atoms with E-state index in [1.165, 1.54) is 19.3 Å². The summed E-state index contributed by atoms with van der Waals surface area (Å²) < 4.78 is 0. The largest absolute Gasteiger partial charge is 0.481 e. The van der Waals surface area contributed by atoms with Crippen molar-refractivity contribution in [3.8, 4) is 0 Å². The molecule has 0 bridgehead atoms. The van der Waals surface area contributed by atoms with Gasteiger partial charge in [-0.15, -0.1) is 0 Å². The van der Waals surface area contributed by atoms with Gasteiger partial charge in [-0.1, -0.05) is 0 Å². The van der Waals surface area contributed by atoms with Crippen LogP contribution < -0.4 is 5.32 Å². The van der Waals surface area contributed by atoms with Crippen LogP contribution in [0.1, 0.15) is 32.1 Å². The van der Waals surface area contributed by atoms with Crippen molar-refractivity contribution in [3.05, 3.63) is 0 Å². The summed E-state index contributed by atoms with van der Waals surface area (Å²) in [5, 5.41) is 12.1. The molecular formula is C10H17NO2. The zero-order valence-corrected chi connectivity index (χ0v) is 7.88. The van der Waals surface area contributed by atoms with Gasteiger partial charge in [0.2, 0.25) is 0 Å². The summed E-state index contributed by atoms with van der Waals surface area (Å²) >= 11 is 0. The van der Waals surface area contributed by atoms with Gasteiger partial charge in [-0.05, 0) is 50.1 Å². The maximum Gasteiger partial charge on any atom is 0.303 e. The molecule has 2 rings (SSSR count). The summed E-state index contributed by atoms with van der Waals surface area (Å²) in [6.45, 7) is 2.19. The van der Waals surface area contributed by atoms with Gasteiger partial charge in [0.25, 0.3) is 0 Å². The molecule has 1 saturated carbocycles. The average molecular weight is 183 g/mol. The molecule has 2 atom stereocenters. The van der Waals surface area contributed by atoms with E-state index in [1.54, 1.807) is 0 Å². The topological polar surface area (TPSA) is 49.3 Å². The molecule has 2 fully saturated rings. The third kappa shape index (κ3) is 1.85. The Balaban J connectivity index is 1.88. The fourth-order valence-corrected chi connectivity index (χ4v) is 2.70. The van der Waals surface area contributed by atoms with Crippen LogP contribution in [0.25, 0.3) is 0 Å². The van der Waals surface area contributed by atoms with Crippen LogP contribution in [-0.4, -0.2) is 24.2 Å². The normalized spacial score (nSPS) is 38.6. The van der Waals surface area contributed by atoms with E-state index in [0.29, 0.717) is 17.8 Å². The van der Waals surface area contributed by atoms with Gasteiger partial charge in [0, 0.05) is 6.42 Å². The van der Waals surface area contributed by atoms with E-state index >= 15 is 0 Å². The predicted octanol–water partition coefficient (Wildman–Crippen LogP) is 1.24. The second kappa shape index (κ2) is 3.29. The molecular weight excluding hydrogens is 166 g/mol. The number of carboxylic acids is 1. The van der Waals surface area contributed by atoms with Crippen molar-refractivity contribution in [3.63, 3.8) is 0 Å². The molecule has 0 aromatic carbocycles. The maximum absolute atomic E-state index is 10.5. The first kappa shape index (κ1) is 9.00. The number of hydrogen-bond donors (Lipinski definition) is 2. The van der Waals surface area contributed by atoms with Crippen molar-refractivity contribution in [1.82, 2.24) is 5.32 Å². The molecule has 1 aliphatic heterocycles. The van der Waals surface area contributed by atoms with Gasteiger partial charge in [0.1, 0.15) is 0 Å². The summed E-state index contributed by atoms with van der Waals surface area (Å²) in [4.78, 5) is 10.5. The molecule has 2 N–H and O–H groups in total. The van der Waals surface area contributed by atoms with Crippen molar-refractivity contribution in [1.29, 1.82) is 0 Å². The number of aliphatic carboxylic acids is 1. The number of nitrogens with one attached hydrogen (secondary N) is 1. The third-order valence-electron chi connectivity index (χ3n) is 3.61. The minimum atomic E-state index is -0.626. The quantitative estimate of drug-likeness (QED) is 0.677. The Morgan fingerprint density at radius 2 is 2.31 bits per heavy atom. The van der Waals surface area contributed by atoms with Crippen molar-refractivity contribution in [2.45, 2.75) is 32.1 Å². The van der Waals surface area contributed by atoms with Crippen LogP contribution in [0.15, 0.2) is 0 Å². The zero-order valence-electron chi connectivity index (χ0n) is 7.88. The number of rotatable bonds is 2. The standard InChI is InChI=1S/C10H17NO2/c12-9(13)6-8-7-10(8)2-1-4-11-5-3-10/h8,11H,1-7H2,(H,12,13). The monoisotopic (exact) mass is 183 g/mol. The first-order valence-corrected chi connectivity index (χ1v) is 5.15. The first-order chi connectivity index (χ1) is 6.23. The SMILES string of the molecule is O=C(O)CC1CC12CCCNCC2. The van der Waals surface area contributed by atoms with Crippen LogP contribution in [0.4, 0.5) is 0 Å². The zero-order chi connectivity index (χ0) is 9.31. The molecule has 1 aliphatic carbocycles. The highest BCUT2D eigenvalue weighted by atomic mass is 16.4. The lowest BCUT2D eigenvalue weighted by Gasteiger charge is -2.12. The molecule has 0 aromatic heterocycles. The van der Waals surface area contributed by atoms with E-state index in [2.05, 4.69) is 5.32 Å². The van der Waals surface area contributed by atoms with Gasteiger partial charge in [0.15, 0.2) is 0 Å². The second-order valence-corrected chi connectivity index (χ2v) is 4.46. The Bertz CT molecular complexity index is 207. The predicted molar refractivity (Wildman–Crippen MR) is 49.5 cm³/mol. The smallest absolute Gasteiger partial charge is 0.303 e. The Kier molecular flexibility index (Phi) is 2.28. The Morgan fingerprint density at radius 3 is 3.08 bits per heavy atom. The fraction of sp³-hybridized carbons (Fsp3) is 0.900. The maximum atomic E-state index is 10.5. The lowest BCUT2D eigenvalue weighted by atomic mass is 9.93. The lowest BCUT2D eigenvalue weighted by molar-refractivity contribution is -0.137. The molecule has 13 heavy (non-hydrogen) atoms. The minimum Gasteiger partial charge on any atom is -0.481 e. The molecule has 1 heterocycles. The molecule has 2 unspecified atom stereocenters. The molecule has 74 valence electrons.